The van der Waals surface area contributed by atoms with Crippen LogP contribution in [-0.2, 0) is 0 Å². The highest BCUT2D eigenvalue weighted by Gasteiger charge is 2.19. The first kappa shape index (κ1) is 12.6. The highest BCUT2D eigenvalue weighted by molar-refractivity contribution is 4.87. The molecule has 0 radical (unpaired) electrons. The maximum Gasteiger partial charge on any atom is 0.191 e. The van der Waals surface area contributed by atoms with Crippen molar-refractivity contribution >= 4 is 0 Å². The van der Waals surface area contributed by atoms with Crippen LogP contribution in [0.1, 0.15) is 45.5 Å². The molecule has 6 nitrogen and oxygen atoms in total. The van der Waals surface area contributed by atoms with E-state index in [-0.39, 0.29) is 11.5 Å². The number of nitrogens with one attached hydrogen (secondary N) is 2. The van der Waals surface area contributed by atoms with Crippen LogP contribution >= 0.6 is 0 Å². The molecule has 0 spiro atoms. The molecule has 16 heavy (non-hydrogen) atoms. The molecule has 1 atom stereocenters. The quantitative estimate of drug-likeness (QED) is 0.754. The third-order valence-corrected chi connectivity index (χ3v) is 2.55. The highest BCUT2D eigenvalue weighted by atomic mass is 15.5. The van der Waals surface area contributed by atoms with Crippen molar-refractivity contribution in [3.63, 3.8) is 0 Å². The van der Waals surface area contributed by atoms with Crippen LogP contribution in [0.25, 0.3) is 0 Å². The summed E-state index contributed by atoms with van der Waals surface area (Å²) in [7, 11) is 0. The fraction of sp³-hybridized carbons (Fsp3) is 0.800. The predicted octanol–water partition coefficient (Wildman–Crippen LogP) is 1.18. The van der Waals surface area contributed by atoms with Gasteiger partial charge in [0.1, 0.15) is 0 Å². The molecule has 2 N–H and O–H groups in total. The van der Waals surface area contributed by atoms with Gasteiger partial charge in [0, 0.05) is 13.0 Å². The number of hydrogen-bond donors (Lipinski definition) is 2. The van der Waals surface area contributed by atoms with Gasteiger partial charge in [-0.25, -0.2) is 0 Å². The average molecular weight is 222 g/mol. The Morgan fingerprint density at radius 2 is 2.31 bits per heavy atom. The van der Waals surface area contributed by atoms with Crippen molar-refractivity contribution in [2.75, 3.05) is 6.54 Å². The van der Waals surface area contributed by atoms with Crippen LogP contribution in [0.4, 0.5) is 0 Å². The minimum atomic E-state index is 0.0695. The molecule has 0 bridgehead atoms. The van der Waals surface area contributed by atoms with Crippen LogP contribution < -0.4 is 5.32 Å². The van der Waals surface area contributed by atoms with Gasteiger partial charge in [0.2, 0.25) is 0 Å². The summed E-state index contributed by atoms with van der Waals surface area (Å²) in [5.74, 6) is 0.663. The SMILES string of the molecule is CC(NCC(C)(C)CCC#N)c1nn[nH]n1. The first-order valence-corrected chi connectivity index (χ1v) is 5.39. The van der Waals surface area contributed by atoms with Crippen molar-refractivity contribution in [3.05, 3.63) is 5.82 Å². The molecule has 0 aliphatic heterocycles. The number of aromatic amines is 1. The van der Waals surface area contributed by atoms with Gasteiger partial charge in [-0.1, -0.05) is 19.1 Å². The van der Waals surface area contributed by atoms with Gasteiger partial charge in [-0.2, -0.15) is 10.5 Å². The largest absolute Gasteiger partial charge is 0.307 e. The molecule has 0 aromatic carbocycles. The van der Waals surface area contributed by atoms with E-state index in [1.165, 1.54) is 0 Å². The molecule has 1 rings (SSSR count). The van der Waals surface area contributed by atoms with E-state index in [4.69, 9.17) is 5.26 Å². The second-order valence-corrected chi connectivity index (χ2v) is 4.69. The molecule has 1 heterocycles. The van der Waals surface area contributed by atoms with E-state index in [9.17, 15) is 0 Å². The van der Waals surface area contributed by atoms with Crippen LogP contribution in [-0.4, -0.2) is 27.2 Å². The van der Waals surface area contributed by atoms with Crippen molar-refractivity contribution in [1.29, 1.82) is 5.26 Å². The van der Waals surface area contributed by atoms with E-state index in [0.29, 0.717) is 12.2 Å². The summed E-state index contributed by atoms with van der Waals surface area (Å²) in [5.41, 5.74) is 0.105. The Hall–Kier alpha value is -1.48. The monoisotopic (exact) mass is 222 g/mol. The number of tetrazole rings is 1. The Morgan fingerprint density at radius 1 is 1.56 bits per heavy atom. The first-order chi connectivity index (χ1) is 7.55. The lowest BCUT2D eigenvalue weighted by atomic mass is 9.88. The third kappa shape index (κ3) is 3.95. The van der Waals surface area contributed by atoms with Crippen molar-refractivity contribution in [2.45, 2.75) is 39.7 Å². The molecule has 0 aliphatic rings. The van der Waals surface area contributed by atoms with E-state index in [0.717, 1.165) is 13.0 Å². The second kappa shape index (κ2) is 5.56. The van der Waals surface area contributed by atoms with Crippen molar-refractivity contribution in [1.82, 2.24) is 25.9 Å². The molecule has 0 amide bonds. The predicted molar refractivity (Wildman–Crippen MR) is 59.2 cm³/mol. The number of nitriles is 1. The molecule has 1 aromatic rings. The van der Waals surface area contributed by atoms with E-state index in [1.54, 1.807) is 0 Å². The summed E-state index contributed by atoms with van der Waals surface area (Å²) >= 11 is 0. The zero-order chi connectivity index (χ0) is 12.0. The lowest BCUT2D eigenvalue weighted by Gasteiger charge is -2.25. The van der Waals surface area contributed by atoms with Gasteiger partial charge in [-0.3, -0.25) is 0 Å². The number of rotatable bonds is 6. The van der Waals surface area contributed by atoms with Gasteiger partial charge in [-0.05, 0) is 18.8 Å². The van der Waals surface area contributed by atoms with Crippen molar-refractivity contribution in [2.24, 2.45) is 5.41 Å². The van der Waals surface area contributed by atoms with Crippen LogP contribution in [0, 0.1) is 16.7 Å². The van der Waals surface area contributed by atoms with Gasteiger partial charge in [0.25, 0.3) is 0 Å². The molecule has 0 saturated carbocycles. The van der Waals surface area contributed by atoms with Gasteiger partial charge < -0.3 is 5.32 Å². The Bertz CT molecular complexity index is 337. The van der Waals surface area contributed by atoms with Crippen LogP contribution in [0.3, 0.4) is 0 Å². The standard InChI is InChI=1S/C10H18N6/c1-8(9-13-15-16-14-9)12-7-10(2,3)5-4-6-11/h8,12H,4-5,7H2,1-3H3,(H,13,14,15,16). The zero-order valence-electron chi connectivity index (χ0n) is 9.99. The van der Waals surface area contributed by atoms with E-state index >= 15 is 0 Å². The summed E-state index contributed by atoms with van der Waals surface area (Å²) in [6.45, 7) is 7.09. The number of H-pyrrole nitrogens is 1. The van der Waals surface area contributed by atoms with Gasteiger partial charge in [0.15, 0.2) is 5.82 Å². The molecular formula is C10H18N6. The first-order valence-electron chi connectivity index (χ1n) is 5.39. The molecule has 0 aliphatic carbocycles. The Balaban J connectivity index is 2.36. The lowest BCUT2D eigenvalue weighted by Crippen LogP contribution is -2.31. The molecule has 0 saturated heterocycles. The summed E-state index contributed by atoms with van der Waals surface area (Å²) in [5, 5.41) is 25.7. The molecular weight excluding hydrogens is 204 g/mol. The Kier molecular flexibility index (Phi) is 4.38. The minimum absolute atomic E-state index is 0.0695. The van der Waals surface area contributed by atoms with Crippen LogP contribution in [0.2, 0.25) is 0 Å². The van der Waals surface area contributed by atoms with Crippen molar-refractivity contribution < 1.29 is 0 Å². The normalized spacial score (nSPS) is 13.4. The maximum absolute atomic E-state index is 8.55. The Morgan fingerprint density at radius 3 is 2.88 bits per heavy atom. The fourth-order valence-electron chi connectivity index (χ4n) is 1.36. The molecule has 6 heteroatoms. The van der Waals surface area contributed by atoms with E-state index in [2.05, 4.69) is 45.9 Å². The van der Waals surface area contributed by atoms with E-state index in [1.807, 2.05) is 6.92 Å². The number of hydrogen-bond acceptors (Lipinski definition) is 5. The summed E-state index contributed by atoms with van der Waals surface area (Å²) < 4.78 is 0. The highest BCUT2D eigenvalue weighted by Crippen LogP contribution is 2.21. The molecule has 88 valence electrons. The molecule has 1 unspecified atom stereocenters. The average Bonchev–Trinajstić information content (AvgIpc) is 2.77. The second-order valence-electron chi connectivity index (χ2n) is 4.69. The number of aromatic nitrogens is 4. The van der Waals surface area contributed by atoms with Crippen molar-refractivity contribution in [3.8, 4) is 6.07 Å². The fourth-order valence-corrected chi connectivity index (χ4v) is 1.36. The van der Waals surface area contributed by atoms with Gasteiger partial charge in [-0.15, -0.1) is 10.2 Å². The number of nitrogens with zero attached hydrogens (tertiary/aromatic N) is 4. The summed E-state index contributed by atoms with van der Waals surface area (Å²) in [6.07, 6.45) is 1.47. The van der Waals surface area contributed by atoms with Gasteiger partial charge >= 0.3 is 0 Å². The van der Waals surface area contributed by atoms with Crippen LogP contribution in [0.5, 0.6) is 0 Å². The topological polar surface area (TPSA) is 90.3 Å². The third-order valence-electron chi connectivity index (χ3n) is 2.55. The van der Waals surface area contributed by atoms with E-state index < -0.39 is 0 Å². The molecule has 1 aromatic heterocycles. The Labute approximate surface area is 95.4 Å². The van der Waals surface area contributed by atoms with Crippen LogP contribution in [0.15, 0.2) is 0 Å². The lowest BCUT2D eigenvalue weighted by molar-refractivity contribution is 0.302. The maximum atomic E-state index is 8.55. The summed E-state index contributed by atoms with van der Waals surface area (Å²) in [4.78, 5) is 0. The summed E-state index contributed by atoms with van der Waals surface area (Å²) in [6, 6.07) is 2.24. The molecule has 0 fully saturated rings. The van der Waals surface area contributed by atoms with Gasteiger partial charge in [0.05, 0.1) is 12.1 Å². The minimum Gasteiger partial charge on any atom is -0.307 e. The zero-order valence-corrected chi connectivity index (χ0v) is 9.99. The smallest absolute Gasteiger partial charge is 0.191 e.